The van der Waals surface area contributed by atoms with Gasteiger partial charge in [-0.2, -0.15) is 0 Å². The number of allylic oxidation sites excluding steroid dienone is 1. The van der Waals surface area contributed by atoms with Gasteiger partial charge in [0.25, 0.3) is 0 Å². The normalized spacial score (nSPS) is 46.1. The van der Waals surface area contributed by atoms with Crippen LogP contribution in [-0.2, 0) is 28.6 Å². The number of hydrogen-bond donors (Lipinski definition) is 0. The minimum atomic E-state index is -1.85. The summed E-state index contributed by atoms with van der Waals surface area (Å²) in [5.41, 5.74) is -0.888. The van der Waals surface area contributed by atoms with Gasteiger partial charge in [-0.15, -0.1) is 4.39 Å². The van der Waals surface area contributed by atoms with E-state index in [1.165, 1.54) is 7.11 Å². The summed E-state index contributed by atoms with van der Waals surface area (Å²) in [4.78, 5) is 49.1. The highest BCUT2D eigenvalue weighted by atomic mass is 19.1. The smallest absolute Gasteiger partial charge is 0.469 e. The van der Waals surface area contributed by atoms with Crippen molar-refractivity contribution in [3.63, 3.8) is 0 Å². The quantitative estimate of drug-likeness (QED) is 0.347. The third kappa shape index (κ3) is 3.04. The van der Waals surface area contributed by atoms with E-state index < -0.39 is 34.7 Å². The van der Waals surface area contributed by atoms with E-state index in [1.807, 2.05) is 6.92 Å². The van der Waals surface area contributed by atoms with Crippen LogP contribution in [0.2, 0.25) is 0 Å². The largest absolute Gasteiger partial charge is 0.495 e. The first-order chi connectivity index (χ1) is 15.5. The minimum absolute atomic E-state index is 0.0157. The molecule has 0 aromatic rings. The fourth-order valence-corrected chi connectivity index (χ4v) is 8.54. The van der Waals surface area contributed by atoms with Gasteiger partial charge in [-0.05, 0) is 61.9 Å². The molecule has 1 aliphatic heterocycles. The van der Waals surface area contributed by atoms with Crippen molar-refractivity contribution < 1.29 is 37.8 Å². The van der Waals surface area contributed by atoms with Crippen molar-refractivity contribution >= 4 is 23.9 Å². The third-order valence-corrected chi connectivity index (χ3v) is 10.0. The van der Waals surface area contributed by atoms with Crippen LogP contribution in [0.1, 0.15) is 65.2 Å². The molecular formula is C25H31FO7. The van der Waals surface area contributed by atoms with Crippen LogP contribution in [0.25, 0.3) is 0 Å². The maximum atomic E-state index is 13.8. The van der Waals surface area contributed by atoms with Crippen LogP contribution in [0.5, 0.6) is 0 Å². The summed E-state index contributed by atoms with van der Waals surface area (Å²) in [6.07, 6.45) is 3.01. The highest BCUT2D eigenvalue weighted by molar-refractivity contribution is 5.92. The van der Waals surface area contributed by atoms with Gasteiger partial charge in [0.2, 0.25) is 0 Å². The Balaban J connectivity index is 1.66. The molecule has 180 valence electrons. The standard InChI is InChI=1S/C25H31FO7/c1-23-7-4-14(27)10-13(23)11-15(21(29)31-3)19-16-5-8-25(9-6-18(28)33-25)24(16,2)12-17(20(19)23)32-22(26)30/h10,15-17,19-20H,4-9,11-12H2,1-3H3/t15?,16?,17?,19?,20?,23-,24-,25+/m0/s1. The lowest BCUT2D eigenvalue weighted by Crippen LogP contribution is -2.63. The number of hydrogen-bond acceptors (Lipinski definition) is 7. The van der Waals surface area contributed by atoms with E-state index in [1.54, 1.807) is 6.08 Å². The zero-order chi connectivity index (χ0) is 23.8. The molecule has 1 spiro atoms. The first-order valence-corrected chi connectivity index (χ1v) is 11.9. The number of halogens is 1. The van der Waals surface area contributed by atoms with Crippen LogP contribution in [0.4, 0.5) is 9.18 Å². The first kappa shape index (κ1) is 22.5. The average molecular weight is 463 g/mol. The molecule has 7 nitrogen and oxygen atoms in total. The van der Waals surface area contributed by atoms with Gasteiger partial charge < -0.3 is 14.2 Å². The maximum absolute atomic E-state index is 13.8. The van der Waals surface area contributed by atoms with E-state index in [0.717, 1.165) is 12.0 Å². The molecule has 0 aromatic heterocycles. The molecule has 4 aliphatic carbocycles. The number of ether oxygens (including phenoxy) is 3. The first-order valence-electron chi connectivity index (χ1n) is 11.9. The van der Waals surface area contributed by atoms with Gasteiger partial charge in [0, 0.05) is 24.2 Å². The van der Waals surface area contributed by atoms with Gasteiger partial charge in [-0.1, -0.05) is 19.4 Å². The second kappa shape index (κ2) is 7.37. The molecule has 1 heterocycles. The van der Waals surface area contributed by atoms with Crippen LogP contribution in [-0.4, -0.2) is 42.8 Å². The van der Waals surface area contributed by atoms with Crippen molar-refractivity contribution in [1.29, 1.82) is 0 Å². The summed E-state index contributed by atoms with van der Waals surface area (Å²) in [5.74, 6) is -1.69. The zero-order valence-electron chi connectivity index (χ0n) is 19.4. The van der Waals surface area contributed by atoms with Gasteiger partial charge in [-0.25, -0.2) is 4.79 Å². The monoisotopic (exact) mass is 462 g/mol. The summed E-state index contributed by atoms with van der Waals surface area (Å²) in [6, 6.07) is 0. The van der Waals surface area contributed by atoms with Gasteiger partial charge in [-0.3, -0.25) is 14.4 Å². The maximum Gasteiger partial charge on any atom is 0.495 e. The summed E-state index contributed by atoms with van der Waals surface area (Å²) in [7, 11) is 1.35. The Labute approximate surface area is 192 Å². The minimum Gasteiger partial charge on any atom is -0.469 e. The van der Waals surface area contributed by atoms with E-state index >= 15 is 0 Å². The molecule has 0 N–H and O–H groups in total. The second-order valence-electron chi connectivity index (χ2n) is 11.1. The Morgan fingerprint density at radius 1 is 1.15 bits per heavy atom. The zero-order valence-corrected chi connectivity index (χ0v) is 19.4. The molecule has 0 radical (unpaired) electrons. The predicted octanol–water partition coefficient (Wildman–Crippen LogP) is 4.08. The lowest BCUT2D eigenvalue weighted by molar-refractivity contribution is -0.198. The molecule has 0 aromatic carbocycles. The molecule has 8 atom stereocenters. The molecule has 5 unspecified atom stereocenters. The number of carbonyl (C=O) groups is 4. The molecular weight excluding hydrogens is 431 g/mol. The number of methoxy groups -OCH3 is 1. The summed E-state index contributed by atoms with van der Waals surface area (Å²) >= 11 is 0. The molecule has 3 saturated carbocycles. The molecule has 33 heavy (non-hydrogen) atoms. The van der Waals surface area contributed by atoms with Crippen molar-refractivity contribution in [3.05, 3.63) is 11.6 Å². The Bertz CT molecular complexity index is 958. The van der Waals surface area contributed by atoms with Crippen molar-refractivity contribution in [1.82, 2.24) is 0 Å². The number of fused-ring (bicyclic) bond motifs is 6. The topological polar surface area (TPSA) is 96.0 Å². The van der Waals surface area contributed by atoms with Crippen LogP contribution < -0.4 is 0 Å². The van der Waals surface area contributed by atoms with Gasteiger partial charge in [0.15, 0.2) is 5.78 Å². The highest BCUT2D eigenvalue weighted by Gasteiger charge is 2.71. The van der Waals surface area contributed by atoms with Crippen molar-refractivity contribution in [2.45, 2.75) is 76.9 Å². The third-order valence-electron chi connectivity index (χ3n) is 10.0. The average Bonchev–Trinajstić information content (AvgIpc) is 3.27. The lowest BCUT2D eigenvalue weighted by Gasteiger charge is -2.62. The van der Waals surface area contributed by atoms with Crippen LogP contribution in [0, 0.1) is 34.5 Å². The van der Waals surface area contributed by atoms with Crippen LogP contribution in [0.3, 0.4) is 0 Å². The predicted molar refractivity (Wildman–Crippen MR) is 112 cm³/mol. The Kier molecular flexibility index (Phi) is 5.04. The summed E-state index contributed by atoms with van der Waals surface area (Å²) < 4.78 is 30.3. The fraction of sp³-hybridized carbons (Fsp3) is 0.760. The van der Waals surface area contributed by atoms with Gasteiger partial charge in [0.1, 0.15) is 11.7 Å². The van der Waals surface area contributed by atoms with Crippen molar-refractivity contribution in [2.24, 2.45) is 34.5 Å². The number of carbonyl (C=O) groups excluding carboxylic acids is 4. The summed E-state index contributed by atoms with van der Waals surface area (Å²) in [6.45, 7) is 4.10. The molecule has 5 rings (SSSR count). The molecule has 0 amide bonds. The number of rotatable bonds is 2. The molecule has 1 saturated heterocycles. The summed E-state index contributed by atoms with van der Waals surface area (Å²) in [5, 5.41) is 0. The van der Waals surface area contributed by atoms with Crippen LogP contribution in [0.15, 0.2) is 11.6 Å². The molecule has 5 aliphatic rings. The second-order valence-corrected chi connectivity index (χ2v) is 11.1. The SMILES string of the molecule is COC(=O)C1CC2=CC(=O)CC[C@]2(C)C2C(OC(=O)F)C[C@@]3(C)C(CC[C@@]34CCC(=O)O4)C12. The number of ketones is 1. The van der Waals surface area contributed by atoms with E-state index in [-0.39, 0.29) is 35.5 Å². The number of esters is 2. The van der Waals surface area contributed by atoms with Crippen molar-refractivity contribution in [3.8, 4) is 0 Å². The lowest BCUT2D eigenvalue weighted by atomic mass is 9.43. The van der Waals surface area contributed by atoms with Crippen molar-refractivity contribution in [2.75, 3.05) is 7.11 Å². The van der Waals surface area contributed by atoms with E-state index in [9.17, 15) is 23.6 Å². The molecule has 4 fully saturated rings. The Morgan fingerprint density at radius 2 is 1.91 bits per heavy atom. The van der Waals surface area contributed by atoms with Gasteiger partial charge in [0.05, 0.1) is 13.0 Å². The fourth-order valence-electron chi connectivity index (χ4n) is 8.54. The van der Waals surface area contributed by atoms with E-state index in [2.05, 4.69) is 6.92 Å². The van der Waals surface area contributed by atoms with Gasteiger partial charge >= 0.3 is 18.2 Å². The van der Waals surface area contributed by atoms with E-state index in [0.29, 0.717) is 44.9 Å². The Hall–Kier alpha value is -2.25. The van der Waals surface area contributed by atoms with E-state index in [4.69, 9.17) is 14.2 Å². The Morgan fingerprint density at radius 3 is 2.55 bits per heavy atom. The molecule has 8 heteroatoms. The van der Waals surface area contributed by atoms with Crippen LogP contribution >= 0.6 is 0 Å². The highest BCUT2D eigenvalue weighted by Crippen LogP contribution is 2.71. The molecule has 0 bridgehead atoms.